The highest BCUT2D eigenvalue weighted by Crippen LogP contribution is 2.73. The SMILES string of the molecule is CCC1(C)CC2CC1C1C3CC(I)C(C3)C21. The van der Waals surface area contributed by atoms with Gasteiger partial charge < -0.3 is 0 Å². The van der Waals surface area contributed by atoms with Gasteiger partial charge in [0.2, 0.25) is 0 Å². The Hall–Kier alpha value is 0.730. The highest BCUT2D eigenvalue weighted by molar-refractivity contribution is 14.1. The molecule has 8 unspecified atom stereocenters. The fourth-order valence-corrected chi connectivity index (χ4v) is 7.82. The molecule has 16 heavy (non-hydrogen) atoms. The van der Waals surface area contributed by atoms with Crippen LogP contribution in [0, 0.1) is 40.9 Å². The molecule has 8 atom stereocenters. The van der Waals surface area contributed by atoms with Gasteiger partial charge in [0.25, 0.3) is 0 Å². The molecule has 0 N–H and O–H groups in total. The predicted octanol–water partition coefficient (Wildman–Crippen LogP) is 4.52. The summed E-state index contributed by atoms with van der Waals surface area (Å²) in [5.41, 5.74) is 0.733. The van der Waals surface area contributed by atoms with Crippen LogP contribution in [0.3, 0.4) is 0 Å². The Balaban J connectivity index is 1.69. The van der Waals surface area contributed by atoms with Crippen LogP contribution in [0.5, 0.6) is 0 Å². The minimum atomic E-state index is 0.733. The molecule has 90 valence electrons. The first kappa shape index (κ1) is 10.6. The molecule has 4 bridgehead atoms. The molecular formula is C15H23I. The minimum absolute atomic E-state index is 0.733. The second-order valence-electron chi connectivity index (χ2n) is 7.38. The van der Waals surface area contributed by atoms with E-state index in [1.165, 1.54) is 18.3 Å². The highest BCUT2D eigenvalue weighted by Gasteiger charge is 2.66. The molecular weight excluding hydrogens is 307 g/mol. The van der Waals surface area contributed by atoms with Crippen molar-refractivity contribution in [2.24, 2.45) is 40.9 Å². The van der Waals surface area contributed by atoms with E-state index in [1.807, 2.05) is 0 Å². The predicted molar refractivity (Wildman–Crippen MR) is 75.6 cm³/mol. The van der Waals surface area contributed by atoms with Gasteiger partial charge in [0.15, 0.2) is 0 Å². The molecule has 4 aliphatic carbocycles. The molecule has 4 saturated carbocycles. The largest absolute Gasteiger partial charge is 0.0823 e. The summed E-state index contributed by atoms with van der Waals surface area (Å²) in [6.45, 7) is 5.03. The lowest BCUT2D eigenvalue weighted by atomic mass is 9.61. The van der Waals surface area contributed by atoms with Gasteiger partial charge >= 0.3 is 0 Å². The summed E-state index contributed by atoms with van der Waals surface area (Å²) in [5.74, 6) is 6.86. The summed E-state index contributed by atoms with van der Waals surface area (Å²) in [4.78, 5) is 0. The minimum Gasteiger partial charge on any atom is -0.0823 e. The zero-order chi connectivity index (χ0) is 11.1. The van der Waals surface area contributed by atoms with Crippen LogP contribution >= 0.6 is 22.6 Å². The number of rotatable bonds is 1. The number of alkyl halides is 1. The van der Waals surface area contributed by atoms with Crippen molar-refractivity contribution in [3.63, 3.8) is 0 Å². The van der Waals surface area contributed by atoms with E-state index in [4.69, 9.17) is 0 Å². The van der Waals surface area contributed by atoms with E-state index in [0.717, 1.165) is 33.0 Å². The molecule has 0 aromatic heterocycles. The summed E-state index contributed by atoms with van der Waals surface area (Å²) < 4.78 is 1.04. The molecule has 4 rings (SSSR count). The van der Waals surface area contributed by atoms with Gasteiger partial charge in [-0.15, -0.1) is 0 Å². The van der Waals surface area contributed by atoms with Crippen molar-refractivity contribution in [2.45, 2.75) is 49.9 Å². The first-order valence-corrected chi connectivity index (χ1v) is 8.52. The van der Waals surface area contributed by atoms with Gasteiger partial charge in [-0.2, -0.15) is 0 Å². The van der Waals surface area contributed by atoms with Crippen LogP contribution in [0.2, 0.25) is 0 Å². The lowest BCUT2D eigenvalue weighted by Gasteiger charge is -2.45. The fourth-order valence-electron chi connectivity index (χ4n) is 6.40. The molecule has 4 fully saturated rings. The molecule has 0 spiro atoms. The Bertz CT molecular complexity index is 325. The second kappa shape index (κ2) is 3.19. The third-order valence-electron chi connectivity index (χ3n) is 7.05. The summed E-state index contributed by atoms with van der Waals surface area (Å²) in [7, 11) is 0. The molecule has 0 aromatic rings. The maximum absolute atomic E-state index is 2.76. The zero-order valence-electron chi connectivity index (χ0n) is 10.5. The van der Waals surface area contributed by atoms with Gasteiger partial charge in [0.1, 0.15) is 0 Å². The van der Waals surface area contributed by atoms with Gasteiger partial charge in [-0.1, -0.05) is 42.9 Å². The monoisotopic (exact) mass is 330 g/mol. The Morgan fingerprint density at radius 3 is 2.69 bits per heavy atom. The van der Waals surface area contributed by atoms with Crippen LogP contribution in [0.1, 0.15) is 46.0 Å². The molecule has 0 saturated heterocycles. The van der Waals surface area contributed by atoms with Crippen molar-refractivity contribution in [3.8, 4) is 0 Å². The molecule has 0 aromatic carbocycles. The third-order valence-corrected chi connectivity index (χ3v) is 8.48. The standard InChI is InChI=1S/C15H23I/c1-3-15(2)7-9-5-11(15)14-8-4-10(13(9)14)12(16)6-8/h8-14H,3-7H2,1-2H3. The molecule has 1 heteroatoms. The van der Waals surface area contributed by atoms with E-state index in [9.17, 15) is 0 Å². The van der Waals surface area contributed by atoms with Crippen molar-refractivity contribution in [1.82, 2.24) is 0 Å². The van der Waals surface area contributed by atoms with E-state index < -0.39 is 0 Å². The second-order valence-corrected chi connectivity index (χ2v) is 8.98. The summed E-state index contributed by atoms with van der Waals surface area (Å²) >= 11 is 2.76. The van der Waals surface area contributed by atoms with Gasteiger partial charge in [0.05, 0.1) is 0 Å². The Morgan fingerprint density at radius 1 is 1.12 bits per heavy atom. The number of halogens is 1. The van der Waals surface area contributed by atoms with E-state index in [0.29, 0.717) is 0 Å². The topological polar surface area (TPSA) is 0 Å². The van der Waals surface area contributed by atoms with Crippen LogP contribution in [-0.2, 0) is 0 Å². The smallest absolute Gasteiger partial charge is 0.0144 e. The maximum Gasteiger partial charge on any atom is 0.0144 e. The van der Waals surface area contributed by atoms with Gasteiger partial charge in [-0.25, -0.2) is 0 Å². The molecule has 0 amide bonds. The van der Waals surface area contributed by atoms with Crippen LogP contribution in [0.15, 0.2) is 0 Å². The van der Waals surface area contributed by atoms with Crippen LogP contribution < -0.4 is 0 Å². The van der Waals surface area contributed by atoms with Crippen molar-refractivity contribution in [2.75, 3.05) is 0 Å². The summed E-state index contributed by atoms with van der Waals surface area (Å²) in [6, 6.07) is 0. The quantitative estimate of drug-likeness (QED) is 0.377. The summed E-state index contributed by atoms with van der Waals surface area (Å²) in [6.07, 6.45) is 7.78. The molecule has 0 heterocycles. The molecule has 0 aliphatic heterocycles. The number of hydrogen-bond donors (Lipinski definition) is 0. The van der Waals surface area contributed by atoms with Crippen molar-refractivity contribution in [3.05, 3.63) is 0 Å². The summed E-state index contributed by atoms with van der Waals surface area (Å²) in [5, 5.41) is 0. The van der Waals surface area contributed by atoms with Crippen molar-refractivity contribution < 1.29 is 0 Å². The average Bonchev–Trinajstić information content (AvgIpc) is 2.93. The van der Waals surface area contributed by atoms with E-state index in [2.05, 4.69) is 36.4 Å². The molecule has 0 nitrogen and oxygen atoms in total. The van der Waals surface area contributed by atoms with Crippen LogP contribution in [0.25, 0.3) is 0 Å². The van der Waals surface area contributed by atoms with Crippen LogP contribution in [-0.4, -0.2) is 3.92 Å². The fraction of sp³-hybridized carbons (Fsp3) is 1.00. The first-order valence-electron chi connectivity index (χ1n) is 7.28. The number of hydrogen-bond acceptors (Lipinski definition) is 0. The third kappa shape index (κ3) is 1.08. The highest BCUT2D eigenvalue weighted by atomic mass is 127. The van der Waals surface area contributed by atoms with Gasteiger partial charge in [0, 0.05) is 3.92 Å². The normalized spacial score (nSPS) is 66.6. The van der Waals surface area contributed by atoms with E-state index in [1.54, 1.807) is 25.7 Å². The Kier molecular flexibility index (Phi) is 2.12. The van der Waals surface area contributed by atoms with Crippen molar-refractivity contribution >= 4 is 22.6 Å². The molecule has 4 aliphatic rings. The van der Waals surface area contributed by atoms with Gasteiger partial charge in [-0.05, 0) is 66.6 Å². The van der Waals surface area contributed by atoms with E-state index >= 15 is 0 Å². The first-order chi connectivity index (χ1) is 7.64. The Labute approximate surface area is 113 Å². The van der Waals surface area contributed by atoms with Crippen LogP contribution in [0.4, 0.5) is 0 Å². The van der Waals surface area contributed by atoms with E-state index in [-0.39, 0.29) is 0 Å². The zero-order valence-corrected chi connectivity index (χ0v) is 12.6. The lowest BCUT2D eigenvalue weighted by molar-refractivity contribution is 0.0468. The molecule has 0 radical (unpaired) electrons. The van der Waals surface area contributed by atoms with Gasteiger partial charge in [-0.3, -0.25) is 0 Å². The maximum atomic E-state index is 2.76. The van der Waals surface area contributed by atoms with Crippen molar-refractivity contribution in [1.29, 1.82) is 0 Å². The Morgan fingerprint density at radius 2 is 1.94 bits per heavy atom. The lowest BCUT2D eigenvalue weighted by Crippen LogP contribution is -2.40. The average molecular weight is 330 g/mol. The number of fused-ring (bicyclic) bond motifs is 9.